The monoisotopic (exact) mass is 270 g/mol. The van der Waals surface area contributed by atoms with Gasteiger partial charge >= 0.3 is 0 Å². The van der Waals surface area contributed by atoms with Gasteiger partial charge in [0.15, 0.2) is 5.65 Å². The fraction of sp³-hybridized carbons (Fsp3) is 0.200. The van der Waals surface area contributed by atoms with E-state index in [1.165, 1.54) is 12.1 Å². The largest absolute Gasteiger partial charge is 0.346 e. The fourth-order valence-electron chi connectivity index (χ4n) is 2.10. The van der Waals surface area contributed by atoms with E-state index in [1.54, 1.807) is 10.6 Å². The molecule has 0 amide bonds. The normalized spacial score (nSPS) is 12.6. The molecule has 0 saturated heterocycles. The molecule has 3 aromatic rings. The van der Waals surface area contributed by atoms with Crippen LogP contribution in [0.3, 0.4) is 0 Å². The van der Waals surface area contributed by atoms with Crippen molar-refractivity contribution in [2.45, 2.75) is 19.9 Å². The summed E-state index contributed by atoms with van der Waals surface area (Å²) in [6.45, 7) is 3.95. The zero-order valence-electron chi connectivity index (χ0n) is 11.3. The van der Waals surface area contributed by atoms with Crippen LogP contribution in [0.25, 0.3) is 5.65 Å². The molecule has 0 aliphatic heterocycles. The lowest BCUT2D eigenvalue weighted by Crippen LogP contribution is -2.08. The highest BCUT2D eigenvalue weighted by Gasteiger charge is 2.10. The Morgan fingerprint density at radius 3 is 2.90 bits per heavy atom. The van der Waals surface area contributed by atoms with Crippen LogP contribution in [-0.2, 0) is 0 Å². The van der Waals surface area contributed by atoms with Crippen LogP contribution in [0, 0.1) is 12.7 Å². The number of aryl methyl sites for hydroxylation is 1. The van der Waals surface area contributed by atoms with Crippen molar-refractivity contribution in [3.63, 3.8) is 0 Å². The number of fused-ring (bicyclic) bond motifs is 1. The molecule has 20 heavy (non-hydrogen) atoms. The molecule has 0 fully saturated rings. The number of halogens is 1. The van der Waals surface area contributed by atoms with E-state index in [0.29, 0.717) is 5.95 Å². The second-order valence-electron chi connectivity index (χ2n) is 4.87. The van der Waals surface area contributed by atoms with E-state index in [2.05, 4.69) is 15.4 Å². The highest BCUT2D eigenvalue weighted by molar-refractivity contribution is 5.45. The second-order valence-corrected chi connectivity index (χ2v) is 4.87. The van der Waals surface area contributed by atoms with Crippen molar-refractivity contribution < 1.29 is 4.39 Å². The molecule has 0 bridgehead atoms. The van der Waals surface area contributed by atoms with Crippen LogP contribution in [0.1, 0.15) is 24.1 Å². The van der Waals surface area contributed by atoms with Gasteiger partial charge in [0.25, 0.3) is 0 Å². The van der Waals surface area contributed by atoms with Crippen molar-refractivity contribution in [1.29, 1.82) is 0 Å². The van der Waals surface area contributed by atoms with E-state index in [1.807, 2.05) is 38.2 Å². The predicted molar refractivity (Wildman–Crippen MR) is 76.2 cm³/mol. The number of aromatic nitrogens is 3. The minimum atomic E-state index is -0.241. The van der Waals surface area contributed by atoms with Crippen LogP contribution in [0.5, 0.6) is 0 Å². The zero-order chi connectivity index (χ0) is 14.1. The van der Waals surface area contributed by atoms with Crippen LogP contribution in [-0.4, -0.2) is 14.6 Å². The summed E-state index contributed by atoms with van der Waals surface area (Å²) in [5, 5.41) is 7.55. The van der Waals surface area contributed by atoms with Gasteiger partial charge in [-0.15, -0.1) is 5.10 Å². The van der Waals surface area contributed by atoms with Crippen LogP contribution >= 0.6 is 0 Å². The average Bonchev–Trinajstić information content (AvgIpc) is 2.80. The molecule has 2 heterocycles. The number of hydrogen-bond acceptors (Lipinski definition) is 3. The van der Waals surface area contributed by atoms with E-state index in [-0.39, 0.29) is 11.9 Å². The Hall–Kier alpha value is -2.43. The Labute approximate surface area is 116 Å². The van der Waals surface area contributed by atoms with Crippen molar-refractivity contribution in [1.82, 2.24) is 14.6 Å². The molecular weight excluding hydrogens is 255 g/mol. The average molecular weight is 270 g/mol. The van der Waals surface area contributed by atoms with Gasteiger partial charge in [-0.3, -0.25) is 0 Å². The maximum atomic E-state index is 13.2. The molecule has 1 N–H and O–H groups in total. The molecule has 3 rings (SSSR count). The third kappa shape index (κ3) is 2.47. The second kappa shape index (κ2) is 4.92. The molecule has 102 valence electrons. The lowest BCUT2D eigenvalue weighted by molar-refractivity contribution is 0.623. The van der Waals surface area contributed by atoms with Gasteiger partial charge in [-0.05, 0) is 43.2 Å². The summed E-state index contributed by atoms with van der Waals surface area (Å²) in [6, 6.07) is 10.4. The van der Waals surface area contributed by atoms with Crippen LogP contribution < -0.4 is 5.32 Å². The van der Waals surface area contributed by atoms with Crippen molar-refractivity contribution in [3.05, 3.63) is 59.5 Å². The molecular formula is C15H15FN4. The summed E-state index contributed by atoms with van der Waals surface area (Å²) >= 11 is 0. The molecule has 0 aliphatic carbocycles. The quantitative estimate of drug-likeness (QED) is 0.793. The Kier molecular flexibility index (Phi) is 3.10. The first kappa shape index (κ1) is 12.6. The van der Waals surface area contributed by atoms with E-state index >= 15 is 0 Å². The molecule has 1 unspecified atom stereocenters. The van der Waals surface area contributed by atoms with Crippen molar-refractivity contribution in [2.24, 2.45) is 0 Å². The Morgan fingerprint density at radius 2 is 2.10 bits per heavy atom. The lowest BCUT2D eigenvalue weighted by Gasteiger charge is -2.12. The minimum absolute atomic E-state index is 0.0655. The first-order valence-corrected chi connectivity index (χ1v) is 6.47. The number of pyridine rings is 1. The Bertz CT molecular complexity index is 750. The highest BCUT2D eigenvalue weighted by Crippen LogP contribution is 2.18. The fourth-order valence-corrected chi connectivity index (χ4v) is 2.10. The van der Waals surface area contributed by atoms with Crippen molar-refractivity contribution in [3.8, 4) is 0 Å². The van der Waals surface area contributed by atoms with Gasteiger partial charge in [-0.2, -0.15) is 4.98 Å². The van der Waals surface area contributed by atoms with Gasteiger partial charge < -0.3 is 5.32 Å². The number of hydrogen-bond donors (Lipinski definition) is 1. The summed E-state index contributed by atoms with van der Waals surface area (Å²) in [6.07, 6.45) is 1.92. The molecule has 0 aliphatic rings. The van der Waals surface area contributed by atoms with Gasteiger partial charge in [-0.25, -0.2) is 8.91 Å². The smallest absolute Gasteiger partial charge is 0.243 e. The van der Waals surface area contributed by atoms with Gasteiger partial charge in [0.2, 0.25) is 5.95 Å². The Morgan fingerprint density at radius 1 is 1.25 bits per heavy atom. The maximum absolute atomic E-state index is 13.2. The summed E-state index contributed by atoms with van der Waals surface area (Å²) in [7, 11) is 0. The van der Waals surface area contributed by atoms with E-state index in [9.17, 15) is 4.39 Å². The van der Waals surface area contributed by atoms with Crippen LogP contribution in [0.2, 0.25) is 0 Å². The zero-order valence-corrected chi connectivity index (χ0v) is 11.3. The highest BCUT2D eigenvalue weighted by atomic mass is 19.1. The van der Waals surface area contributed by atoms with Gasteiger partial charge in [-0.1, -0.05) is 18.2 Å². The summed E-state index contributed by atoms with van der Waals surface area (Å²) < 4.78 is 14.9. The molecule has 1 atom stereocenters. The number of nitrogens with zero attached hydrogens (tertiary/aromatic N) is 3. The predicted octanol–water partition coefficient (Wildman–Crippen LogP) is 3.35. The van der Waals surface area contributed by atoms with E-state index in [4.69, 9.17) is 0 Å². The van der Waals surface area contributed by atoms with E-state index in [0.717, 1.165) is 16.8 Å². The minimum Gasteiger partial charge on any atom is -0.346 e. The molecule has 5 heteroatoms. The molecule has 1 aromatic carbocycles. The first-order chi connectivity index (χ1) is 9.61. The van der Waals surface area contributed by atoms with Crippen molar-refractivity contribution >= 4 is 11.6 Å². The molecule has 2 aromatic heterocycles. The first-order valence-electron chi connectivity index (χ1n) is 6.47. The van der Waals surface area contributed by atoms with Gasteiger partial charge in [0.05, 0.1) is 6.04 Å². The SMILES string of the molecule is Cc1ccc2nc(NC(C)c3cccc(F)c3)nn2c1. The van der Waals surface area contributed by atoms with Gasteiger partial charge in [0.1, 0.15) is 5.82 Å². The topological polar surface area (TPSA) is 42.2 Å². The van der Waals surface area contributed by atoms with Crippen LogP contribution in [0.4, 0.5) is 10.3 Å². The number of rotatable bonds is 3. The number of anilines is 1. The summed E-state index contributed by atoms with van der Waals surface area (Å²) in [5.74, 6) is 0.294. The van der Waals surface area contributed by atoms with E-state index < -0.39 is 0 Å². The van der Waals surface area contributed by atoms with Crippen molar-refractivity contribution in [2.75, 3.05) is 5.32 Å². The standard InChI is InChI=1S/C15H15FN4/c1-10-6-7-14-18-15(19-20(14)9-10)17-11(2)12-4-3-5-13(16)8-12/h3-9,11H,1-2H3,(H,17,19). The van der Waals surface area contributed by atoms with Gasteiger partial charge in [0, 0.05) is 6.20 Å². The summed E-state index contributed by atoms with van der Waals surface area (Å²) in [5.41, 5.74) is 2.76. The third-order valence-electron chi connectivity index (χ3n) is 3.17. The third-order valence-corrected chi connectivity index (χ3v) is 3.17. The number of benzene rings is 1. The maximum Gasteiger partial charge on any atom is 0.243 e. The molecule has 0 saturated carbocycles. The molecule has 0 radical (unpaired) electrons. The number of nitrogens with one attached hydrogen (secondary N) is 1. The van der Waals surface area contributed by atoms with Crippen LogP contribution in [0.15, 0.2) is 42.6 Å². The molecule has 4 nitrogen and oxygen atoms in total. The lowest BCUT2D eigenvalue weighted by atomic mass is 10.1. The Balaban J connectivity index is 1.85. The molecule has 0 spiro atoms. The summed E-state index contributed by atoms with van der Waals surface area (Å²) in [4.78, 5) is 4.39.